The van der Waals surface area contributed by atoms with Gasteiger partial charge in [-0.1, -0.05) is 216 Å². The van der Waals surface area contributed by atoms with E-state index in [9.17, 15) is 30.3 Å². The van der Waals surface area contributed by atoms with Crippen LogP contribution in [0.25, 0.3) is 0 Å². The predicted octanol–water partition coefficient (Wildman–Crippen LogP) is 14.6. The number of allylic oxidation sites excluding steroid dienone is 27. The quantitative estimate of drug-likeness (QED) is 0.0261. The van der Waals surface area contributed by atoms with Crippen molar-refractivity contribution in [1.29, 1.82) is 0 Å². The average molecular weight is 1040 g/mol. The highest BCUT2D eigenvalue weighted by molar-refractivity contribution is 5.76. The summed E-state index contributed by atoms with van der Waals surface area (Å²) in [5.74, 6) is -0.220. The van der Waals surface area contributed by atoms with Gasteiger partial charge in [-0.2, -0.15) is 0 Å². The van der Waals surface area contributed by atoms with E-state index in [2.05, 4.69) is 177 Å². The number of carbonyl (C=O) groups is 1. The fraction of sp³-hybridized carbons (Fsp3) is 0.561. The van der Waals surface area contributed by atoms with Gasteiger partial charge in [0.05, 0.1) is 25.4 Å². The van der Waals surface area contributed by atoms with Crippen LogP contribution in [0.3, 0.4) is 0 Å². The summed E-state index contributed by atoms with van der Waals surface area (Å²) >= 11 is 0. The summed E-state index contributed by atoms with van der Waals surface area (Å²) in [5, 5.41) is 54.3. The van der Waals surface area contributed by atoms with E-state index in [1.54, 1.807) is 6.08 Å². The average Bonchev–Trinajstić information content (AvgIpc) is 3.41. The number of rotatable bonds is 46. The Morgan fingerprint density at radius 3 is 1.28 bits per heavy atom. The van der Waals surface area contributed by atoms with Crippen LogP contribution >= 0.6 is 0 Å². The molecular formula is C66H103NO8. The predicted molar refractivity (Wildman–Crippen MR) is 317 cm³/mol. The Morgan fingerprint density at radius 2 is 0.840 bits per heavy atom. The smallest absolute Gasteiger partial charge is 0.220 e. The second kappa shape index (κ2) is 53.0. The van der Waals surface area contributed by atoms with Crippen molar-refractivity contribution >= 4 is 5.91 Å². The molecule has 1 saturated heterocycles. The summed E-state index contributed by atoms with van der Waals surface area (Å²) in [6.45, 7) is 3.56. The minimum Gasteiger partial charge on any atom is -0.394 e. The summed E-state index contributed by atoms with van der Waals surface area (Å²) in [4.78, 5) is 13.0. The second-order valence-corrected chi connectivity index (χ2v) is 19.0. The van der Waals surface area contributed by atoms with Crippen molar-refractivity contribution in [2.45, 2.75) is 224 Å². The Morgan fingerprint density at radius 1 is 0.467 bits per heavy atom. The summed E-state index contributed by atoms with van der Waals surface area (Å²) < 4.78 is 11.2. The number of aliphatic hydroxyl groups excluding tert-OH is 5. The maximum Gasteiger partial charge on any atom is 0.220 e. The van der Waals surface area contributed by atoms with Crippen LogP contribution in [0.4, 0.5) is 0 Å². The molecule has 0 bridgehead atoms. The molecule has 1 fully saturated rings. The zero-order valence-electron chi connectivity index (χ0n) is 46.5. The van der Waals surface area contributed by atoms with Gasteiger partial charge < -0.3 is 40.3 Å². The number of hydrogen-bond donors (Lipinski definition) is 6. The van der Waals surface area contributed by atoms with E-state index in [0.29, 0.717) is 19.3 Å². The molecule has 1 aliphatic heterocycles. The van der Waals surface area contributed by atoms with Crippen LogP contribution in [0.2, 0.25) is 0 Å². The molecule has 0 aromatic heterocycles. The van der Waals surface area contributed by atoms with E-state index in [0.717, 1.165) is 128 Å². The molecule has 0 aromatic rings. The standard InChI is InChI=1S/C66H103NO8/c1-3-5-7-9-11-13-15-17-18-19-20-21-22-23-24-25-26-27-28-29-30-31-32-33-34-35-36-37-38-39-40-41-42-44-46-48-50-52-54-56-62(70)67-59(58-74-66-65(73)64(72)63(71)61(57-68)75-66)60(69)55-53-51-49-47-45-43-16-14-12-10-8-6-4-2/h5,7,11-14,17-18,20-21,23-24,26-27,29-30,32-33,35-36,38-39,41-42,45,47,53,55,59-61,63-66,68-69,71-73H,3-4,6,8-10,15-16,19,22,25,28,31,34,37,40,43-44,46,48-52,54,56-58H2,1-2H3,(H,67,70)/b7-5-,13-11-,14-12+,18-17-,21-20-,24-23-,27-26-,30-29-,33-32-,36-35-,39-38-,42-41-,47-45+,55-53+. The van der Waals surface area contributed by atoms with E-state index >= 15 is 0 Å². The Hall–Kier alpha value is -4.45. The Labute approximate surface area is 456 Å². The van der Waals surface area contributed by atoms with Crippen LogP contribution in [0, 0.1) is 0 Å². The molecule has 0 aromatic carbocycles. The van der Waals surface area contributed by atoms with Crippen LogP contribution in [0.1, 0.15) is 181 Å². The van der Waals surface area contributed by atoms with Crippen molar-refractivity contribution in [3.05, 3.63) is 170 Å². The molecule has 1 amide bonds. The first-order valence-corrected chi connectivity index (χ1v) is 28.9. The van der Waals surface area contributed by atoms with Crippen molar-refractivity contribution in [1.82, 2.24) is 5.32 Å². The van der Waals surface area contributed by atoms with Crippen molar-refractivity contribution in [2.75, 3.05) is 13.2 Å². The Balaban J connectivity index is 2.22. The molecule has 6 N–H and O–H groups in total. The van der Waals surface area contributed by atoms with E-state index < -0.39 is 49.5 Å². The second-order valence-electron chi connectivity index (χ2n) is 19.0. The number of unbranched alkanes of at least 4 members (excludes halogenated alkanes) is 10. The zero-order valence-corrected chi connectivity index (χ0v) is 46.5. The molecule has 0 spiro atoms. The lowest BCUT2D eigenvalue weighted by Crippen LogP contribution is -2.60. The zero-order chi connectivity index (χ0) is 54.3. The minimum atomic E-state index is -1.59. The first-order valence-electron chi connectivity index (χ1n) is 28.9. The van der Waals surface area contributed by atoms with Gasteiger partial charge in [-0.05, 0) is 128 Å². The molecule has 0 aliphatic carbocycles. The van der Waals surface area contributed by atoms with Crippen LogP contribution in [-0.2, 0) is 14.3 Å². The molecule has 9 nitrogen and oxygen atoms in total. The number of nitrogens with one attached hydrogen (secondary N) is 1. The van der Waals surface area contributed by atoms with Gasteiger partial charge >= 0.3 is 0 Å². The Bertz CT molecular complexity index is 1770. The molecule has 420 valence electrons. The molecule has 7 atom stereocenters. The molecule has 1 rings (SSSR count). The van der Waals surface area contributed by atoms with Gasteiger partial charge in [0.25, 0.3) is 0 Å². The highest BCUT2D eigenvalue weighted by atomic mass is 16.7. The maximum atomic E-state index is 13.0. The minimum absolute atomic E-state index is 0.220. The van der Waals surface area contributed by atoms with Crippen LogP contribution in [-0.4, -0.2) is 87.5 Å². The first-order chi connectivity index (χ1) is 36.8. The van der Waals surface area contributed by atoms with Crippen LogP contribution in [0.5, 0.6) is 0 Å². The van der Waals surface area contributed by atoms with Gasteiger partial charge in [0.1, 0.15) is 24.4 Å². The summed E-state index contributed by atoms with van der Waals surface area (Å²) in [5.41, 5.74) is 0. The number of hydrogen-bond acceptors (Lipinski definition) is 8. The van der Waals surface area contributed by atoms with Gasteiger partial charge in [0.2, 0.25) is 5.91 Å². The van der Waals surface area contributed by atoms with Crippen molar-refractivity contribution < 1.29 is 39.8 Å². The number of aliphatic hydroxyl groups is 5. The molecule has 0 saturated carbocycles. The monoisotopic (exact) mass is 1040 g/mol. The van der Waals surface area contributed by atoms with E-state index in [1.165, 1.54) is 19.3 Å². The summed E-state index contributed by atoms with van der Waals surface area (Å²) in [7, 11) is 0. The third-order valence-electron chi connectivity index (χ3n) is 12.3. The molecule has 0 radical (unpaired) electrons. The molecule has 7 unspecified atom stereocenters. The third-order valence-corrected chi connectivity index (χ3v) is 12.3. The lowest BCUT2D eigenvalue weighted by Gasteiger charge is -2.40. The lowest BCUT2D eigenvalue weighted by molar-refractivity contribution is -0.302. The SMILES string of the molecule is CC/C=C\C/C=C\C/C=C\C/C=C\C/C=C\C/C=C\C/C=C\C/C=C\C/C=C\C/C=C\C/C=C\CCCCCCCC(=O)NC(COC1OC(CO)C(O)C(O)C1O)C(O)/C=C/CC/C=C/CC/C=C/CCCCC. The Kier molecular flexibility index (Phi) is 48.4. The number of carbonyl (C=O) groups excluding carboxylic acids is 1. The molecule has 1 aliphatic rings. The topological polar surface area (TPSA) is 149 Å². The summed E-state index contributed by atoms with van der Waals surface area (Å²) in [6.07, 6.45) is 78.5. The maximum absolute atomic E-state index is 13.0. The van der Waals surface area contributed by atoms with Crippen LogP contribution in [0.15, 0.2) is 170 Å². The molecule has 1 heterocycles. The van der Waals surface area contributed by atoms with Crippen LogP contribution < -0.4 is 5.32 Å². The van der Waals surface area contributed by atoms with E-state index in [4.69, 9.17) is 9.47 Å². The van der Waals surface area contributed by atoms with Gasteiger partial charge in [-0.25, -0.2) is 0 Å². The fourth-order valence-electron chi connectivity index (χ4n) is 7.72. The van der Waals surface area contributed by atoms with Crippen molar-refractivity contribution in [2.24, 2.45) is 0 Å². The largest absolute Gasteiger partial charge is 0.394 e. The highest BCUT2D eigenvalue weighted by Gasteiger charge is 2.44. The highest BCUT2D eigenvalue weighted by Crippen LogP contribution is 2.22. The third kappa shape index (κ3) is 42.4. The van der Waals surface area contributed by atoms with Crippen molar-refractivity contribution in [3.8, 4) is 0 Å². The van der Waals surface area contributed by atoms with Gasteiger partial charge in [0, 0.05) is 6.42 Å². The van der Waals surface area contributed by atoms with Gasteiger partial charge in [0.15, 0.2) is 6.29 Å². The number of amides is 1. The molecular weight excluding hydrogens is 935 g/mol. The van der Waals surface area contributed by atoms with Crippen molar-refractivity contribution in [3.63, 3.8) is 0 Å². The van der Waals surface area contributed by atoms with Gasteiger partial charge in [-0.15, -0.1) is 0 Å². The lowest BCUT2D eigenvalue weighted by atomic mass is 9.99. The van der Waals surface area contributed by atoms with Gasteiger partial charge in [-0.3, -0.25) is 4.79 Å². The molecule has 9 heteroatoms. The normalized spacial score (nSPS) is 20.2. The van der Waals surface area contributed by atoms with E-state index in [-0.39, 0.29) is 12.5 Å². The first kappa shape index (κ1) is 68.6. The summed E-state index contributed by atoms with van der Waals surface area (Å²) in [6, 6.07) is -0.851. The molecule has 75 heavy (non-hydrogen) atoms. The van der Waals surface area contributed by atoms with E-state index in [1.807, 2.05) is 6.08 Å². The fourth-order valence-corrected chi connectivity index (χ4v) is 7.72. The number of ether oxygens (including phenoxy) is 2.